The molecule has 0 saturated carbocycles. The van der Waals surface area contributed by atoms with E-state index in [1.165, 1.54) is 12.3 Å². The molecule has 1 unspecified atom stereocenters. The summed E-state index contributed by atoms with van der Waals surface area (Å²) < 4.78 is 52.4. The lowest BCUT2D eigenvalue weighted by Gasteiger charge is -2.32. The summed E-state index contributed by atoms with van der Waals surface area (Å²) in [7, 11) is 0. The Morgan fingerprint density at radius 2 is 1.83 bits per heavy atom. The van der Waals surface area contributed by atoms with Gasteiger partial charge in [-0.1, -0.05) is 25.1 Å². The quantitative estimate of drug-likeness (QED) is 0.314. The number of Topliss-reactive ketones (excluding diaryl/α,β-unsaturated/α-hetero) is 1. The van der Waals surface area contributed by atoms with Gasteiger partial charge >= 0.3 is 12.1 Å². The van der Waals surface area contributed by atoms with E-state index >= 15 is 0 Å². The molecule has 5 rings (SSSR count). The fourth-order valence-corrected chi connectivity index (χ4v) is 5.47. The molecule has 2 aliphatic heterocycles. The number of hydrogen-bond acceptors (Lipinski definition) is 8. The number of ketones is 1. The number of ether oxygens (including phenoxy) is 1. The van der Waals surface area contributed by atoms with Gasteiger partial charge in [0.1, 0.15) is 17.1 Å². The highest BCUT2D eigenvalue weighted by Gasteiger charge is 2.42. The zero-order valence-corrected chi connectivity index (χ0v) is 23.3. The molecule has 3 aromatic rings. The number of benzene rings is 1. The van der Waals surface area contributed by atoms with Gasteiger partial charge in [0.25, 0.3) is 6.01 Å². The van der Waals surface area contributed by atoms with E-state index in [1.807, 2.05) is 6.92 Å². The number of rotatable bonds is 9. The highest BCUT2D eigenvalue weighted by molar-refractivity contribution is 5.96. The Morgan fingerprint density at radius 3 is 2.50 bits per heavy atom. The van der Waals surface area contributed by atoms with E-state index in [0.29, 0.717) is 55.8 Å². The van der Waals surface area contributed by atoms with Crippen molar-refractivity contribution in [1.82, 2.24) is 9.97 Å². The lowest BCUT2D eigenvalue weighted by atomic mass is 9.97. The Balaban J connectivity index is 1.17. The third-order valence-corrected chi connectivity index (χ3v) is 7.77. The van der Waals surface area contributed by atoms with Crippen LogP contribution >= 0.6 is 0 Å². The average molecular weight is 587 g/mol. The zero-order valence-electron chi connectivity index (χ0n) is 23.3. The second-order valence-electron chi connectivity index (χ2n) is 11.0. The number of carboxylic acids is 1. The van der Waals surface area contributed by atoms with E-state index in [4.69, 9.17) is 9.15 Å². The number of para-hydroxylation sites is 1. The molecule has 1 N–H and O–H groups in total. The Morgan fingerprint density at radius 1 is 1.07 bits per heavy atom. The van der Waals surface area contributed by atoms with Crippen molar-refractivity contribution in [3.63, 3.8) is 0 Å². The molecule has 0 spiro atoms. The Labute approximate surface area is 241 Å². The predicted molar refractivity (Wildman–Crippen MR) is 148 cm³/mol. The second-order valence-corrected chi connectivity index (χ2v) is 11.0. The molecule has 0 amide bonds. The van der Waals surface area contributed by atoms with Crippen molar-refractivity contribution >= 4 is 23.6 Å². The number of nitrogens with zero attached hydrogens (tertiary/aromatic N) is 4. The van der Waals surface area contributed by atoms with Gasteiger partial charge in [-0.05, 0) is 61.3 Å². The van der Waals surface area contributed by atoms with E-state index < -0.39 is 29.4 Å². The molecule has 12 heteroatoms. The Hall–Kier alpha value is -4.09. The molecule has 0 bridgehead atoms. The lowest BCUT2D eigenvalue weighted by molar-refractivity contribution is -0.141. The van der Waals surface area contributed by atoms with Gasteiger partial charge in [-0.3, -0.25) is 4.79 Å². The Kier molecular flexibility index (Phi) is 8.69. The maximum absolute atomic E-state index is 13.7. The second kappa shape index (κ2) is 12.4. The first-order valence-corrected chi connectivity index (χ1v) is 14.1. The van der Waals surface area contributed by atoms with Crippen LogP contribution in [0, 0.1) is 11.8 Å². The number of aromatic carboxylic acids is 1. The fourth-order valence-electron chi connectivity index (χ4n) is 5.47. The number of halogens is 3. The molecule has 9 nitrogen and oxygen atoms in total. The van der Waals surface area contributed by atoms with E-state index in [2.05, 4.69) is 14.9 Å². The number of alkyl halides is 3. The van der Waals surface area contributed by atoms with Crippen LogP contribution < -0.4 is 14.5 Å². The molecule has 0 aliphatic carbocycles. The van der Waals surface area contributed by atoms with Gasteiger partial charge in [0.2, 0.25) is 11.5 Å². The summed E-state index contributed by atoms with van der Waals surface area (Å²) in [6.45, 7) is 4.91. The standard InChI is InChI=1S/C30H33F3N4O5/c1-19-5-4-12-37(17-19)29-35-27(30(31,32)33)26(42-29)23(38)15-21-8-9-25(34-16-21)36-13-10-20(11-14-36)18-41-24-7-3-2-6-22(24)28(39)40/h2-3,6-9,16,19-20H,4-5,10-15,17-18H2,1H3,(H,39,40). The van der Waals surface area contributed by atoms with Crippen LogP contribution in [-0.4, -0.2) is 59.6 Å². The maximum Gasteiger partial charge on any atom is 0.437 e. The Bertz CT molecular complexity index is 1400. The van der Waals surface area contributed by atoms with Crippen LogP contribution in [0.3, 0.4) is 0 Å². The van der Waals surface area contributed by atoms with Gasteiger partial charge < -0.3 is 24.1 Å². The van der Waals surface area contributed by atoms with Crippen molar-refractivity contribution < 1.29 is 37.0 Å². The van der Waals surface area contributed by atoms with Crippen LogP contribution in [0.2, 0.25) is 0 Å². The van der Waals surface area contributed by atoms with Gasteiger partial charge in [-0.25, -0.2) is 9.78 Å². The van der Waals surface area contributed by atoms with Crippen LogP contribution in [0.15, 0.2) is 47.0 Å². The molecule has 2 aliphatic rings. The summed E-state index contributed by atoms with van der Waals surface area (Å²) in [5.74, 6) is -0.994. The largest absolute Gasteiger partial charge is 0.492 e. The summed E-state index contributed by atoms with van der Waals surface area (Å²) in [6, 6.07) is 9.84. The van der Waals surface area contributed by atoms with Crippen LogP contribution in [-0.2, 0) is 12.6 Å². The number of carbonyl (C=O) groups excluding carboxylic acids is 1. The van der Waals surface area contributed by atoms with Gasteiger partial charge in [-0.2, -0.15) is 18.2 Å². The van der Waals surface area contributed by atoms with Gasteiger partial charge in [0.05, 0.1) is 6.61 Å². The third kappa shape index (κ3) is 6.85. The smallest absolute Gasteiger partial charge is 0.437 e. The molecule has 2 aromatic heterocycles. The van der Waals surface area contributed by atoms with Crippen LogP contribution in [0.4, 0.5) is 25.0 Å². The summed E-state index contributed by atoms with van der Waals surface area (Å²) in [5.41, 5.74) is -0.682. The molecule has 1 aromatic carbocycles. The van der Waals surface area contributed by atoms with Crippen molar-refractivity contribution in [3.05, 3.63) is 65.2 Å². The SMILES string of the molecule is CC1CCCN(c2nc(C(F)(F)F)c(C(=O)Cc3ccc(N4CCC(COc5ccccc5C(=O)O)CC4)nc3)o2)C1. The van der Waals surface area contributed by atoms with E-state index in [9.17, 15) is 27.9 Å². The van der Waals surface area contributed by atoms with Crippen LogP contribution in [0.25, 0.3) is 0 Å². The number of carbonyl (C=O) groups is 2. The van der Waals surface area contributed by atoms with E-state index in [-0.39, 0.29) is 23.9 Å². The first-order chi connectivity index (χ1) is 20.1. The maximum atomic E-state index is 13.7. The monoisotopic (exact) mass is 586 g/mol. The molecule has 224 valence electrons. The number of aromatic nitrogens is 2. The molecule has 1 atom stereocenters. The molecular formula is C30H33F3N4O5. The lowest BCUT2D eigenvalue weighted by Crippen LogP contribution is -2.36. The molecule has 42 heavy (non-hydrogen) atoms. The highest BCUT2D eigenvalue weighted by atomic mass is 19.4. The number of piperidine rings is 2. The van der Waals surface area contributed by atoms with Gasteiger partial charge in [0, 0.05) is 38.8 Å². The van der Waals surface area contributed by atoms with Crippen molar-refractivity contribution in [3.8, 4) is 5.75 Å². The number of anilines is 2. The van der Waals surface area contributed by atoms with Crippen molar-refractivity contribution in [2.75, 3.05) is 42.6 Å². The number of hydrogen-bond donors (Lipinski definition) is 1. The first-order valence-electron chi connectivity index (χ1n) is 14.1. The topological polar surface area (TPSA) is 109 Å². The third-order valence-electron chi connectivity index (χ3n) is 7.77. The van der Waals surface area contributed by atoms with Crippen molar-refractivity contribution in [2.24, 2.45) is 11.8 Å². The molecular weight excluding hydrogens is 553 g/mol. The number of carboxylic acid groups (broad SMARTS) is 1. The van der Waals surface area contributed by atoms with E-state index in [0.717, 1.165) is 25.7 Å². The first kappa shape index (κ1) is 29.4. The normalized spacial score (nSPS) is 18.2. The van der Waals surface area contributed by atoms with Crippen molar-refractivity contribution in [1.29, 1.82) is 0 Å². The summed E-state index contributed by atoms with van der Waals surface area (Å²) >= 11 is 0. The summed E-state index contributed by atoms with van der Waals surface area (Å²) in [6.07, 6.45) is -0.164. The fraction of sp³-hybridized carbons (Fsp3) is 0.467. The molecule has 0 radical (unpaired) electrons. The van der Waals surface area contributed by atoms with Crippen molar-refractivity contribution in [2.45, 2.75) is 45.2 Å². The highest BCUT2D eigenvalue weighted by Crippen LogP contribution is 2.36. The van der Waals surface area contributed by atoms with Gasteiger partial charge in [-0.15, -0.1) is 0 Å². The predicted octanol–water partition coefficient (Wildman–Crippen LogP) is 5.74. The summed E-state index contributed by atoms with van der Waals surface area (Å²) in [4.78, 5) is 36.2. The van der Waals surface area contributed by atoms with E-state index in [1.54, 1.807) is 35.2 Å². The minimum absolute atomic E-state index is 0.132. The van der Waals surface area contributed by atoms with Gasteiger partial charge in [0.15, 0.2) is 5.69 Å². The van der Waals surface area contributed by atoms with Crippen LogP contribution in [0.1, 0.15) is 64.8 Å². The minimum atomic E-state index is -4.81. The number of pyridine rings is 1. The molecule has 4 heterocycles. The minimum Gasteiger partial charge on any atom is -0.492 e. The number of oxazole rings is 1. The molecule has 2 fully saturated rings. The average Bonchev–Trinajstić information content (AvgIpc) is 3.44. The van der Waals surface area contributed by atoms with Crippen LogP contribution in [0.5, 0.6) is 5.75 Å². The molecule has 2 saturated heterocycles. The zero-order chi connectivity index (χ0) is 29.9. The summed E-state index contributed by atoms with van der Waals surface area (Å²) in [5, 5.41) is 9.32.